The monoisotopic (exact) mass is 486 g/mol. The molecule has 0 aliphatic carbocycles. The van der Waals surface area contributed by atoms with Gasteiger partial charge in [-0.25, -0.2) is 0 Å². The highest BCUT2D eigenvalue weighted by molar-refractivity contribution is 5.77. The number of aliphatic hydroxyl groups excluding tert-OH is 1. The molecule has 0 aromatic heterocycles. The van der Waals surface area contributed by atoms with Crippen molar-refractivity contribution in [3.05, 3.63) is 53.6 Å². The predicted molar refractivity (Wildman–Crippen MR) is 140 cm³/mol. The average molecular weight is 487 g/mol. The summed E-state index contributed by atoms with van der Waals surface area (Å²) in [5.41, 5.74) is 10.3. The third-order valence-electron chi connectivity index (χ3n) is 5.42. The Morgan fingerprint density at radius 3 is 2.00 bits per heavy atom. The van der Waals surface area contributed by atoms with Crippen LogP contribution in [0, 0.1) is 5.41 Å². The van der Waals surface area contributed by atoms with Gasteiger partial charge < -0.3 is 29.8 Å². The molecular weight excluding hydrogens is 444 g/mol. The summed E-state index contributed by atoms with van der Waals surface area (Å²) in [4.78, 5) is 0. The fraction of sp³-hybridized carbons (Fsp3) is 0.536. The lowest BCUT2D eigenvalue weighted by molar-refractivity contribution is 0.00752. The largest absolute Gasteiger partial charge is 0.491 e. The summed E-state index contributed by atoms with van der Waals surface area (Å²) in [6, 6.07) is 14.8. The number of nitrogens with two attached hydrogens (primary N) is 1. The van der Waals surface area contributed by atoms with Gasteiger partial charge in [0.1, 0.15) is 12.4 Å². The first kappa shape index (κ1) is 28.8. The molecule has 2 rings (SSSR count). The van der Waals surface area contributed by atoms with Crippen LogP contribution in [0.5, 0.6) is 5.75 Å². The molecule has 0 radical (unpaired) electrons. The van der Waals surface area contributed by atoms with Crippen LogP contribution in [-0.2, 0) is 26.0 Å². The summed E-state index contributed by atoms with van der Waals surface area (Å²) in [6.07, 6.45) is 1.85. The highest BCUT2D eigenvalue weighted by Gasteiger charge is 2.13. The van der Waals surface area contributed by atoms with Gasteiger partial charge in [0.25, 0.3) is 0 Å². The number of ether oxygens (including phenoxy) is 4. The van der Waals surface area contributed by atoms with Crippen molar-refractivity contribution in [1.29, 1.82) is 5.41 Å². The maximum atomic E-state index is 8.69. The molecule has 0 saturated carbocycles. The van der Waals surface area contributed by atoms with Crippen molar-refractivity contribution in [3.8, 4) is 16.9 Å². The number of hydrogen-bond donors (Lipinski definition) is 3. The van der Waals surface area contributed by atoms with E-state index in [1.165, 1.54) is 5.56 Å². The van der Waals surface area contributed by atoms with Gasteiger partial charge in [-0.2, -0.15) is 0 Å². The van der Waals surface area contributed by atoms with Crippen LogP contribution >= 0.6 is 0 Å². The number of nitrogens with one attached hydrogen (secondary N) is 1. The van der Waals surface area contributed by atoms with Crippen molar-refractivity contribution >= 4 is 5.84 Å². The second kappa shape index (κ2) is 15.5. The zero-order valence-corrected chi connectivity index (χ0v) is 21.5. The van der Waals surface area contributed by atoms with Crippen LogP contribution < -0.4 is 10.5 Å². The smallest absolute Gasteiger partial charge is 0.120 e. The van der Waals surface area contributed by atoms with E-state index in [2.05, 4.69) is 51.1 Å². The first-order chi connectivity index (χ1) is 16.8. The third-order valence-corrected chi connectivity index (χ3v) is 5.42. The van der Waals surface area contributed by atoms with E-state index in [9.17, 15) is 0 Å². The lowest BCUT2D eigenvalue weighted by atomic mass is 9.86. The van der Waals surface area contributed by atoms with E-state index in [4.69, 9.17) is 35.2 Å². The van der Waals surface area contributed by atoms with Gasteiger partial charge in [0.15, 0.2) is 0 Å². The molecule has 7 nitrogen and oxygen atoms in total. The van der Waals surface area contributed by atoms with Gasteiger partial charge in [-0.3, -0.25) is 5.41 Å². The highest BCUT2D eigenvalue weighted by atomic mass is 16.6. The molecule has 194 valence electrons. The Bertz CT molecular complexity index is 878. The van der Waals surface area contributed by atoms with Gasteiger partial charge in [-0.15, -0.1) is 0 Å². The first-order valence-corrected chi connectivity index (χ1v) is 12.3. The molecule has 2 aromatic carbocycles. The minimum absolute atomic E-state index is 0.106. The molecule has 0 heterocycles. The van der Waals surface area contributed by atoms with Crippen LogP contribution in [0.3, 0.4) is 0 Å². The highest BCUT2D eigenvalue weighted by Crippen LogP contribution is 2.29. The molecule has 0 fully saturated rings. The van der Waals surface area contributed by atoms with Crippen molar-refractivity contribution in [3.63, 3.8) is 0 Å². The van der Waals surface area contributed by atoms with Crippen molar-refractivity contribution < 1.29 is 24.1 Å². The third kappa shape index (κ3) is 11.7. The number of rotatable bonds is 17. The van der Waals surface area contributed by atoms with Gasteiger partial charge in [0, 0.05) is 19.6 Å². The van der Waals surface area contributed by atoms with Crippen molar-refractivity contribution in [2.75, 3.05) is 52.9 Å². The first-order valence-electron chi connectivity index (χ1n) is 12.3. The topological polar surface area (TPSA) is 107 Å². The van der Waals surface area contributed by atoms with E-state index >= 15 is 0 Å². The number of amidine groups is 1. The second-order valence-electron chi connectivity index (χ2n) is 9.48. The Morgan fingerprint density at radius 2 is 1.43 bits per heavy atom. The van der Waals surface area contributed by atoms with Crippen LogP contribution in [0.25, 0.3) is 11.1 Å². The quantitative estimate of drug-likeness (QED) is 0.175. The zero-order valence-electron chi connectivity index (χ0n) is 21.5. The van der Waals surface area contributed by atoms with E-state index in [-0.39, 0.29) is 17.9 Å². The summed E-state index contributed by atoms with van der Waals surface area (Å²) in [5.74, 6) is 0.959. The normalized spacial score (nSPS) is 11.5. The average Bonchev–Trinajstić information content (AvgIpc) is 2.83. The van der Waals surface area contributed by atoms with Gasteiger partial charge in [-0.05, 0) is 52.6 Å². The number of hydrogen-bond acceptors (Lipinski definition) is 6. The van der Waals surface area contributed by atoms with Crippen LogP contribution in [0.1, 0.15) is 44.7 Å². The number of benzene rings is 2. The maximum absolute atomic E-state index is 8.69. The summed E-state index contributed by atoms with van der Waals surface area (Å²) in [6.45, 7) is 10.2. The van der Waals surface area contributed by atoms with Crippen molar-refractivity contribution in [1.82, 2.24) is 0 Å². The molecule has 0 bridgehead atoms. The minimum atomic E-state index is 0.106. The summed E-state index contributed by atoms with van der Waals surface area (Å²) >= 11 is 0. The molecule has 2 aromatic rings. The van der Waals surface area contributed by atoms with E-state index in [1.807, 2.05) is 12.1 Å². The van der Waals surface area contributed by atoms with E-state index in [0.717, 1.165) is 22.4 Å². The molecule has 7 heteroatoms. The molecule has 0 spiro atoms. The van der Waals surface area contributed by atoms with Gasteiger partial charge in [0.2, 0.25) is 0 Å². The summed E-state index contributed by atoms with van der Waals surface area (Å²) in [7, 11) is 0. The Labute approximate surface area is 210 Å². The maximum Gasteiger partial charge on any atom is 0.120 e. The number of aryl methyl sites for hydroxylation is 1. The fourth-order valence-corrected chi connectivity index (χ4v) is 3.42. The van der Waals surface area contributed by atoms with Crippen LogP contribution in [-0.4, -0.2) is 63.8 Å². The van der Waals surface area contributed by atoms with Crippen molar-refractivity contribution in [2.45, 2.75) is 45.4 Å². The predicted octanol–water partition coefficient (Wildman–Crippen LogP) is 4.33. The molecular formula is C28H42N2O5. The molecule has 35 heavy (non-hydrogen) atoms. The minimum Gasteiger partial charge on any atom is -0.491 e. The molecule has 0 aliphatic rings. The lowest BCUT2D eigenvalue weighted by Gasteiger charge is -2.19. The fourth-order valence-electron chi connectivity index (χ4n) is 3.42. The Morgan fingerprint density at radius 1 is 0.829 bits per heavy atom. The Hall–Kier alpha value is -2.45. The standard InChI is InChI=1S/C28H42N2O5/c1-28(2,3)25-8-6-23(7-9-25)24-19-22(5-10-27(29)30)20-26(21-24)35-18-17-34-16-15-33-14-13-32-12-4-11-31/h6-9,19-21,31H,4-5,10-18H2,1-3H3,(H3,29,30). The molecule has 0 unspecified atom stereocenters. The lowest BCUT2D eigenvalue weighted by Crippen LogP contribution is -2.13. The van der Waals surface area contributed by atoms with E-state index in [0.29, 0.717) is 65.5 Å². The van der Waals surface area contributed by atoms with Gasteiger partial charge >= 0.3 is 0 Å². The Kier molecular flexibility index (Phi) is 12.8. The molecule has 0 saturated heterocycles. The van der Waals surface area contributed by atoms with Crippen LogP contribution in [0.4, 0.5) is 0 Å². The second-order valence-corrected chi connectivity index (χ2v) is 9.48. The van der Waals surface area contributed by atoms with Crippen LogP contribution in [0.15, 0.2) is 42.5 Å². The zero-order chi connectivity index (χ0) is 25.5. The number of aliphatic hydroxyl groups is 1. The summed E-state index contributed by atoms with van der Waals surface area (Å²) in [5, 5.41) is 16.2. The molecule has 4 N–H and O–H groups in total. The Balaban J connectivity index is 1.85. The SMILES string of the molecule is CC(C)(C)c1ccc(-c2cc(CCC(=N)N)cc(OCCOCCOCCOCCCO)c2)cc1. The molecule has 0 aliphatic heterocycles. The molecule has 0 amide bonds. The van der Waals surface area contributed by atoms with Gasteiger partial charge in [-0.1, -0.05) is 51.1 Å². The van der Waals surface area contributed by atoms with Crippen molar-refractivity contribution in [2.24, 2.45) is 5.73 Å². The summed E-state index contributed by atoms with van der Waals surface area (Å²) < 4.78 is 22.3. The van der Waals surface area contributed by atoms with Gasteiger partial charge in [0.05, 0.1) is 38.9 Å². The van der Waals surface area contributed by atoms with E-state index < -0.39 is 0 Å². The van der Waals surface area contributed by atoms with E-state index in [1.54, 1.807) is 0 Å². The van der Waals surface area contributed by atoms with Crippen LogP contribution in [0.2, 0.25) is 0 Å². The molecule has 0 atom stereocenters.